The number of carbonyl (C=O) groups excluding carboxylic acids is 2. The van der Waals surface area contributed by atoms with Crippen LogP contribution in [0.1, 0.15) is 141 Å². The van der Waals surface area contributed by atoms with Crippen molar-refractivity contribution in [1.29, 1.82) is 0 Å². The second-order valence-corrected chi connectivity index (χ2v) is 12.8. The van der Waals surface area contributed by atoms with Gasteiger partial charge in [-0.2, -0.15) is 0 Å². The molecule has 5 nitrogen and oxygen atoms in total. The molecule has 0 N–H and O–H groups in total. The molecule has 3 saturated carbocycles. The third kappa shape index (κ3) is 7.42. The molecule has 0 radical (unpaired) electrons. The summed E-state index contributed by atoms with van der Waals surface area (Å²) < 4.78 is 11.1. The van der Waals surface area contributed by atoms with Crippen molar-refractivity contribution in [3.63, 3.8) is 0 Å². The molecule has 1 aromatic carbocycles. The van der Waals surface area contributed by atoms with Crippen LogP contribution in [0.4, 0.5) is 4.79 Å². The van der Waals surface area contributed by atoms with Crippen molar-refractivity contribution in [2.24, 2.45) is 17.3 Å². The van der Waals surface area contributed by atoms with Crippen LogP contribution >= 0.6 is 0 Å². The molecule has 5 heteroatoms. The van der Waals surface area contributed by atoms with Gasteiger partial charge >= 0.3 is 12.1 Å². The highest BCUT2D eigenvalue weighted by Crippen LogP contribution is 2.81. The molecule has 6 unspecified atom stereocenters. The van der Waals surface area contributed by atoms with Crippen molar-refractivity contribution in [2.75, 3.05) is 6.54 Å². The molecule has 0 saturated heterocycles. The predicted molar refractivity (Wildman–Crippen MR) is 161 cm³/mol. The number of hydrogen-bond acceptors (Lipinski definition) is 4. The molecule has 40 heavy (non-hydrogen) atoms. The highest BCUT2D eigenvalue weighted by atomic mass is 16.7. The Bertz CT molecular complexity index is 919. The molecule has 1 spiro atoms. The summed E-state index contributed by atoms with van der Waals surface area (Å²) in [6.07, 6.45) is 19.5. The monoisotopic (exact) mass is 553 g/mol. The van der Waals surface area contributed by atoms with E-state index in [4.69, 9.17) is 9.47 Å². The summed E-state index contributed by atoms with van der Waals surface area (Å²) in [4.78, 5) is 27.6. The van der Waals surface area contributed by atoms with E-state index < -0.39 is 6.29 Å². The molecule has 3 aliphatic carbocycles. The topological polar surface area (TPSA) is 55.8 Å². The average Bonchev–Trinajstić information content (AvgIpc) is 3.61. The van der Waals surface area contributed by atoms with Crippen molar-refractivity contribution in [2.45, 2.75) is 148 Å². The largest absolute Gasteiger partial charge is 0.425 e. The maximum absolute atomic E-state index is 13.3. The van der Waals surface area contributed by atoms with Crippen molar-refractivity contribution in [3.8, 4) is 0 Å². The molecule has 0 aromatic heterocycles. The van der Waals surface area contributed by atoms with Crippen LogP contribution in [-0.4, -0.2) is 35.8 Å². The van der Waals surface area contributed by atoms with Crippen molar-refractivity contribution in [3.05, 3.63) is 35.9 Å². The van der Waals surface area contributed by atoms with E-state index in [-0.39, 0.29) is 18.1 Å². The van der Waals surface area contributed by atoms with E-state index >= 15 is 0 Å². The molecule has 0 aliphatic heterocycles. The number of esters is 1. The van der Waals surface area contributed by atoms with Crippen LogP contribution in [0.3, 0.4) is 0 Å². The van der Waals surface area contributed by atoms with Crippen LogP contribution in [0.5, 0.6) is 0 Å². The van der Waals surface area contributed by atoms with Gasteiger partial charge in [-0.25, -0.2) is 4.79 Å². The number of rotatable bonds is 19. The predicted octanol–water partition coefficient (Wildman–Crippen LogP) is 9.40. The van der Waals surface area contributed by atoms with Gasteiger partial charge < -0.3 is 14.4 Å². The first-order valence-corrected chi connectivity index (χ1v) is 16.7. The Balaban J connectivity index is 1.10. The van der Waals surface area contributed by atoms with Gasteiger partial charge in [0.25, 0.3) is 0 Å². The summed E-state index contributed by atoms with van der Waals surface area (Å²) >= 11 is 0. The molecule has 1 amide bonds. The number of unbranched alkanes of at least 4 members (excludes halogenated alkanes) is 12. The fourth-order valence-corrected chi connectivity index (χ4v) is 8.17. The van der Waals surface area contributed by atoms with Gasteiger partial charge in [0, 0.05) is 31.8 Å². The quantitative estimate of drug-likeness (QED) is 0.0972. The van der Waals surface area contributed by atoms with Gasteiger partial charge in [-0.1, -0.05) is 114 Å². The second kappa shape index (κ2) is 15.3. The van der Waals surface area contributed by atoms with E-state index in [9.17, 15) is 9.59 Å². The van der Waals surface area contributed by atoms with Gasteiger partial charge in [-0.15, -0.1) is 0 Å². The average molecular weight is 554 g/mol. The molecule has 3 aliphatic rings. The van der Waals surface area contributed by atoms with Crippen LogP contribution in [0.25, 0.3) is 0 Å². The third-order valence-electron chi connectivity index (χ3n) is 10.2. The second-order valence-electron chi connectivity index (χ2n) is 12.8. The SMILES string of the molecule is CCCCCCCCCCCCCCCC(=O)OC(C)OC(=O)N(CC)C1C2CCC3CC32C1c1ccccc1. The molecule has 0 bridgehead atoms. The molecule has 4 rings (SSSR count). The molecule has 6 atom stereocenters. The zero-order chi connectivity index (χ0) is 28.4. The van der Waals surface area contributed by atoms with E-state index in [1.165, 1.54) is 95.5 Å². The number of carbonyl (C=O) groups is 2. The lowest BCUT2D eigenvalue weighted by Crippen LogP contribution is -2.60. The number of nitrogens with zero attached hydrogens (tertiary/aromatic N) is 1. The Morgan fingerprint density at radius 3 is 2.02 bits per heavy atom. The number of hydrogen-bond donors (Lipinski definition) is 0. The minimum Gasteiger partial charge on any atom is -0.425 e. The summed E-state index contributed by atoms with van der Waals surface area (Å²) in [6.45, 7) is 6.56. The Labute approximate surface area is 243 Å². The zero-order valence-electron chi connectivity index (χ0n) is 25.6. The lowest BCUT2D eigenvalue weighted by Gasteiger charge is -2.56. The molecule has 1 aromatic rings. The molecular formula is C35H55NO4. The van der Waals surface area contributed by atoms with Crippen LogP contribution < -0.4 is 0 Å². The highest BCUT2D eigenvalue weighted by molar-refractivity contribution is 5.71. The van der Waals surface area contributed by atoms with Gasteiger partial charge in [-0.05, 0) is 55.4 Å². The van der Waals surface area contributed by atoms with Gasteiger partial charge in [0.05, 0.1) is 0 Å². The van der Waals surface area contributed by atoms with Gasteiger partial charge in [0.1, 0.15) is 0 Å². The van der Waals surface area contributed by atoms with E-state index in [2.05, 4.69) is 37.3 Å². The first-order valence-electron chi connectivity index (χ1n) is 16.7. The van der Waals surface area contributed by atoms with Crippen molar-refractivity contribution >= 4 is 12.1 Å². The first-order chi connectivity index (χ1) is 19.5. The van der Waals surface area contributed by atoms with Crippen LogP contribution in [0.15, 0.2) is 30.3 Å². The Hall–Kier alpha value is -2.04. The minimum absolute atomic E-state index is 0.168. The Morgan fingerprint density at radius 2 is 1.45 bits per heavy atom. The Morgan fingerprint density at radius 1 is 0.850 bits per heavy atom. The maximum atomic E-state index is 13.3. The van der Waals surface area contributed by atoms with Gasteiger partial charge in [0.2, 0.25) is 6.29 Å². The zero-order valence-corrected chi connectivity index (χ0v) is 25.6. The molecule has 224 valence electrons. The van der Waals surface area contributed by atoms with Crippen LogP contribution in [0.2, 0.25) is 0 Å². The smallest absolute Gasteiger partial charge is 0.413 e. The van der Waals surface area contributed by atoms with Gasteiger partial charge in [0.15, 0.2) is 0 Å². The molecule has 3 fully saturated rings. The molecular weight excluding hydrogens is 498 g/mol. The van der Waals surface area contributed by atoms with Gasteiger partial charge in [-0.3, -0.25) is 4.79 Å². The first kappa shape index (κ1) is 30.9. The van der Waals surface area contributed by atoms with Crippen molar-refractivity contribution < 1.29 is 19.1 Å². The minimum atomic E-state index is -0.863. The number of likely N-dealkylation sites (N-methyl/N-ethyl adjacent to an activating group) is 1. The summed E-state index contributed by atoms with van der Waals surface area (Å²) in [6, 6.07) is 10.9. The number of ether oxygens (including phenoxy) is 2. The maximum Gasteiger partial charge on any atom is 0.413 e. The summed E-state index contributed by atoms with van der Waals surface area (Å²) in [5.41, 5.74) is 1.74. The lowest BCUT2D eigenvalue weighted by atomic mass is 9.55. The van der Waals surface area contributed by atoms with E-state index in [1.807, 2.05) is 11.8 Å². The number of benzene rings is 1. The summed E-state index contributed by atoms with van der Waals surface area (Å²) in [5.74, 6) is 1.49. The Kier molecular flexibility index (Phi) is 11.8. The van der Waals surface area contributed by atoms with Crippen LogP contribution in [0, 0.1) is 17.3 Å². The summed E-state index contributed by atoms with van der Waals surface area (Å²) in [5, 5.41) is 0. The van der Waals surface area contributed by atoms with Crippen molar-refractivity contribution in [1.82, 2.24) is 4.90 Å². The lowest BCUT2D eigenvalue weighted by molar-refractivity contribution is -0.167. The normalized spacial score (nSPS) is 26.8. The molecule has 0 heterocycles. The standard InChI is InChI=1S/C35H55NO4/c1-4-6-7-8-9-10-11-12-13-14-15-16-20-23-31(37)39-27(3)40-34(38)36(5-2)33-30-25-24-29-26-35(29,30)32(33)28-21-18-17-19-22-28/h17-19,21-22,27,29-30,32-33H,4-16,20,23-26H2,1-3H3. The third-order valence-corrected chi connectivity index (χ3v) is 10.2. The van der Waals surface area contributed by atoms with E-state index in [1.54, 1.807) is 6.92 Å². The highest BCUT2D eigenvalue weighted by Gasteiger charge is 2.77. The number of amides is 1. The van der Waals surface area contributed by atoms with E-state index in [0.717, 1.165) is 18.8 Å². The fraction of sp³-hybridized carbons (Fsp3) is 0.771. The fourth-order valence-electron chi connectivity index (χ4n) is 8.17. The van der Waals surface area contributed by atoms with Crippen LogP contribution in [-0.2, 0) is 14.3 Å². The van der Waals surface area contributed by atoms with E-state index in [0.29, 0.717) is 30.2 Å². The summed E-state index contributed by atoms with van der Waals surface area (Å²) in [7, 11) is 0.